The monoisotopic (exact) mass is 409 g/mol. The topological polar surface area (TPSA) is 51.8 Å². The van der Waals surface area contributed by atoms with Crippen LogP contribution >= 0.6 is 0 Å². The van der Waals surface area contributed by atoms with Crippen LogP contribution in [-0.2, 0) is 19.3 Å². The smallest absolute Gasteiger partial charge is 0.127 e. The zero-order valence-corrected chi connectivity index (χ0v) is 18.9. The van der Waals surface area contributed by atoms with Gasteiger partial charge in [0.25, 0.3) is 0 Å². The van der Waals surface area contributed by atoms with Gasteiger partial charge in [-0.2, -0.15) is 0 Å². The Morgan fingerprint density at radius 3 is 2.42 bits per heavy atom. The lowest BCUT2D eigenvalue weighted by Crippen LogP contribution is -2.09. The lowest BCUT2D eigenvalue weighted by atomic mass is 9.88. The van der Waals surface area contributed by atoms with Crippen molar-refractivity contribution in [2.45, 2.75) is 47.0 Å². The number of hydrogen-bond donors (Lipinski definition) is 1. The quantitative estimate of drug-likeness (QED) is 0.406. The summed E-state index contributed by atoms with van der Waals surface area (Å²) in [6, 6.07) is 19.4. The Bertz CT molecular complexity index is 1220. The number of nitrogen functional groups attached to an aromatic ring is 1. The molecule has 0 amide bonds. The number of benzene rings is 2. The first-order valence-electron chi connectivity index (χ1n) is 11.0. The molecule has 0 bridgehead atoms. The Labute approximate surface area is 185 Å². The van der Waals surface area contributed by atoms with Crippen LogP contribution in [0.2, 0.25) is 0 Å². The van der Waals surface area contributed by atoms with Gasteiger partial charge in [0.1, 0.15) is 5.82 Å². The van der Waals surface area contributed by atoms with E-state index in [0.29, 0.717) is 5.82 Å². The maximum absolute atomic E-state index is 6.31. The minimum absolute atomic E-state index is 0.252. The second-order valence-corrected chi connectivity index (χ2v) is 9.69. The Morgan fingerprint density at radius 2 is 1.65 bits per heavy atom. The number of nitrogens with zero attached hydrogens (tertiary/aromatic N) is 2. The maximum atomic E-state index is 6.31. The molecule has 31 heavy (non-hydrogen) atoms. The van der Waals surface area contributed by atoms with Gasteiger partial charge < -0.3 is 5.73 Å². The Balaban J connectivity index is 1.59. The van der Waals surface area contributed by atoms with E-state index in [1.807, 2.05) is 12.4 Å². The Morgan fingerprint density at radius 1 is 0.871 bits per heavy atom. The first-order chi connectivity index (χ1) is 14.8. The summed E-state index contributed by atoms with van der Waals surface area (Å²) in [6.07, 6.45) is 6.72. The van der Waals surface area contributed by atoms with E-state index in [9.17, 15) is 0 Å². The number of rotatable bonds is 5. The van der Waals surface area contributed by atoms with Gasteiger partial charge in [-0.3, -0.25) is 4.98 Å². The normalized spacial score (nSPS) is 11.7. The second-order valence-electron chi connectivity index (χ2n) is 9.69. The molecule has 0 spiro atoms. The molecule has 0 aliphatic heterocycles. The van der Waals surface area contributed by atoms with E-state index in [0.717, 1.165) is 35.7 Å². The molecule has 2 aromatic carbocycles. The van der Waals surface area contributed by atoms with Gasteiger partial charge in [-0.25, -0.2) is 4.98 Å². The van der Waals surface area contributed by atoms with Crippen molar-refractivity contribution in [2.75, 3.05) is 5.73 Å². The molecule has 3 nitrogen and oxygen atoms in total. The van der Waals surface area contributed by atoms with Gasteiger partial charge in [-0.05, 0) is 83.2 Å². The summed E-state index contributed by atoms with van der Waals surface area (Å²) in [6.45, 7) is 8.92. The zero-order valence-electron chi connectivity index (χ0n) is 18.9. The molecule has 0 aliphatic carbocycles. The van der Waals surface area contributed by atoms with Gasteiger partial charge in [0.15, 0.2) is 0 Å². The van der Waals surface area contributed by atoms with E-state index in [1.165, 1.54) is 27.8 Å². The van der Waals surface area contributed by atoms with Crippen LogP contribution in [0.3, 0.4) is 0 Å². The van der Waals surface area contributed by atoms with Crippen LogP contribution in [0.15, 0.2) is 67.0 Å². The average Bonchev–Trinajstić information content (AvgIpc) is 2.71. The third kappa shape index (κ3) is 5.11. The predicted molar refractivity (Wildman–Crippen MR) is 131 cm³/mol. The first kappa shape index (κ1) is 21.0. The molecule has 2 N–H and O–H groups in total. The van der Waals surface area contributed by atoms with Crippen molar-refractivity contribution in [1.29, 1.82) is 0 Å². The molecular weight excluding hydrogens is 378 g/mol. The summed E-state index contributed by atoms with van der Waals surface area (Å²) in [5, 5.41) is 1.13. The molecule has 3 heteroatoms. The van der Waals surface area contributed by atoms with Gasteiger partial charge in [-0.1, -0.05) is 57.2 Å². The fraction of sp³-hybridized carbons (Fsp3) is 0.286. The molecule has 2 aromatic heterocycles. The summed E-state index contributed by atoms with van der Waals surface area (Å²) in [5.41, 5.74) is 14.9. The standard InChI is InChI=1S/C28H31N3/c1-19-7-5-6-8-25(19)22-11-12-26-24(14-22)15-23(27(29)31-26)10-9-20-13-21(18-30-17-20)16-28(2,3)4/h5-8,11-15,17-18H,9-10,16H2,1-4H3,(H2,29,31). The third-order valence-corrected chi connectivity index (χ3v) is 5.65. The highest BCUT2D eigenvalue weighted by atomic mass is 14.8. The van der Waals surface area contributed by atoms with E-state index >= 15 is 0 Å². The largest absolute Gasteiger partial charge is 0.383 e. The van der Waals surface area contributed by atoms with Crippen molar-refractivity contribution in [2.24, 2.45) is 5.41 Å². The van der Waals surface area contributed by atoms with Crippen LogP contribution < -0.4 is 5.73 Å². The number of fused-ring (bicyclic) bond motifs is 1. The van der Waals surface area contributed by atoms with Gasteiger partial charge >= 0.3 is 0 Å². The Hall–Kier alpha value is -3.20. The van der Waals surface area contributed by atoms with E-state index < -0.39 is 0 Å². The summed E-state index contributed by atoms with van der Waals surface area (Å²) in [5.74, 6) is 0.620. The van der Waals surface area contributed by atoms with Crippen LogP contribution in [0.4, 0.5) is 5.82 Å². The third-order valence-electron chi connectivity index (χ3n) is 5.65. The van der Waals surface area contributed by atoms with Crippen LogP contribution in [0.1, 0.15) is 43.0 Å². The van der Waals surface area contributed by atoms with E-state index in [1.54, 1.807) is 0 Å². The van der Waals surface area contributed by atoms with Crippen LogP contribution in [0, 0.1) is 12.3 Å². The van der Waals surface area contributed by atoms with Crippen LogP contribution in [0.25, 0.3) is 22.0 Å². The molecule has 2 heterocycles. The lowest BCUT2D eigenvalue weighted by molar-refractivity contribution is 0.410. The molecule has 0 fully saturated rings. The van der Waals surface area contributed by atoms with Gasteiger partial charge in [0.05, 0.1) is 5.52 Å². The van der Waals surface area contributed by atoms with Crippen molar-refractivity contribution >= 4 is 16.7 Å². The number of aryl methyl sites for hydroxylation is 3. The van der Waals surface area contributed by atoms with Crippen molar-refractivity contribution in [1.82, 2.24) is 9.97 Å². The van der Waals surface area contributed by atoms with Crippen LogP contribution in [0.5, 0.6) is 0 Å². The van der Waals surface area contributed by atoms with Gasteiger partial charge in [0.2, 0.25) is 0 Å². The highest BCUT2D eigenvalue weighted by Gasteiger charge is 2.12. The van der Waals surface area contributed by atoms with Gasteiger partial charge in [-0.15, -0.1) is 0 Å². The zero-order chi connectivity index (χ0) is 22.0. The lowest BCUT2D eigenvalue weighted by Gasteiger charge is -2.18. The minimum Gasteiger partial charge on any atom is -0.383 e. The summed E-state index contributed by atoms with van der Waals surface area (Å²) < 4.78 is 0. The van der Waals surface area contributed by atoms with Crippen LogP contribution in [-0.4, -0.2) is 9.97 Å². The Kier molecular flexibility index (Phi) is 5.77. The van der Waals surface area contributed by atoms with Crippen molar-refractivity contribution in [3.63, 3.8) is 0 Å². The fourth-order valence-electron chi connectivity index (χ4n) is 4.17. The van der Waals surface area contributed by atoms with Gasteiger partial charge in [0, 0.05) is 17.8 Å². The number of aromatic nitrogens is 2. The minimum atomic E-state index is 0.252. The molecule has 4 aromatic rings. The SMILES string of the molecule is Cc1ccccc1-c1ccc2nc(N)c(CCc3cncc(CC(C)(C)C)c3)cc2c1. The molecular formula is C28H31N3. The van der Waals surface area contributed by atoms with E-state index in [2.05, 4.69) is 92.3 Å². The molecule has 0 aliphatic rings. The average molecular weight is 410 g/mol. The molecule has 0 radical (unpaired) electrons. The molecule has 0 saturated carbocycles. The highest BCUT2D eigenvalue weighted by Crippen LogP contribution is 2.28. The second kappa shape index (κ2) is 8.50. The molecule has 0 saturated heterocycles. The van der Waals surface area contributed by atoms with E-state index in [-0.39, 0.29) is 5.41 Å². The molecule has 0 unspecified atom stereocenters. The fourth-order valence-corrected chi connectivity index (χ4v) is 4.17. The summed E-state index contributed by atoms with van der Waals surface area (Å²) >= 11 is 0. The van der Waals surface area contributed by atoms with E-state index in [4.69, 9.17) is 5.73 Å². The predicted octanol–water partition coefficient (Wildman–Crippen LogP) is 6.56. The maximum Gasteiger partial charge on any atom is 0.127 e. The van der Waals surface area contributed by atoms with Crippen molar-refractivity contribution in [3.05, 3.63) is 89.2 Å². The number of pyridine rings is 2. The number of hydrogen-bond acceptors (Lipinski definition) is 3. The molecule has 158 valence electrons. The highest BCUT2D eigenvalue weighted by molar-refractivity contribution is 5.87. The first-order valence-corrected chi connectivity index (χ1v) is 11.0. The summed E-state index contributed by atoms with van der Waals surface area (Å²) in [7, 11) is 0. The van der Waals surface area contributed by atoms with Crippen molar-refractivity contribution in [3.8, 4) is 11.1 Å². The number of nitrogens with two attached hydrogens (primary N) is 1. The van der Waals surface area contributed by atoms with Crippen molar-refractivity contribution < 1.29 is 0 Å². The molecule has 0 atom stereocenters. The summed E-state index contributed by atoms with van der Waals surface area (Å²) in [4.78, 5) is 9.13. The number of anilines is 1. The molecule has 4 rings (SSSR count).